The van der Waals surface area contributed by atoms with Gasteiger partial charge in [0.15, 0.2) is 0 Å². The third-order valence-electron chi connectivity index (χ3n) is 3.41. The Labute approximate surface area is 172 Å². The fraction of sp³-hybridized carbons (Fsp3) is 0.294. The maximum absolute atomic E-state index is 10.7. The molecule has 142 valence electrons. The Morgan fingerprint density at radius 1 is 1.23 bits per heavy atom. The highest BCUT2D eigenvalue weighted by Crippen LogP contribution is 2.27. The fourth-order valence-electron chi connectivity index (χ4n) is 2.21. The van der Waals surface area contributed by atoms with Crippen LogP contribution in [0.4, 0.5) is 11.4 Å². The smallest absolute Gasteiger partial charge is 0.271 e. The molecular formula is C17H20BrCl2N3O3. The molecular weight excluding hydrogens is 445 g/mol. The Hall–Kier alpha value is -1.54. The molecule has 0 aromatic heterocycles. The van der Waals surface area contributed by atoms with E-state index in [1.807, 2.05) is 25.1 Å². The SMILES string of the molecule is CCOc1ccc(CNCCNc2ccc([N+](=O)[O-])cc2Cl)cc1Br.Cl. The number of non-ortho nitro benzene ring substituents is 1. The second kappa shape index (κ2) is 11.2. The van der Waals surface area contributed by atoms with E-state index in [4.69, 9.17) is 16.3 Å². The van der Waals surface area contributed by atoms with Gasteiger partial charge in [-0.3, -0.25) is 10.1 Å². The normalized spacial score (nSPS) is 10.1. The summed E-state index contributed by atoms with van der Waals surface area (Å²) < 4.78 is 6.42. The van der Waals surface area contributed by atoms with Gasteiger partial charge in [-0.1, -0.05) is 17.7 Å². The Kier molecular flexibility index (Phi) is 9.72. The number of rotatable bonds is 9. The van der Waals surface area contributed by atoms with Crippen molar-refractivity contribution in [2.45, 2.75) is 13.5 Å². The third kappa shape index (κ3) is 6.64. The van der Waals surface area contributed by atoms with E-state index in [-0.39, 0.29) is 18.1 Å². The predicted octanol–water partition coefficient (Wildman–Crippen LogP) is 5.03. The van der Waals surface area contributed by atoms with Gasteiger partial charge in [-0.25, -0.2) is 0 Å². The van der Waals surface area contributed by atoms with Crippen molar-refractivity contribution in [1.82, 2.24) is 5.32 Å². The van der Waals surface area contributed by atoms with Crippen LogP contribution in [0.2, 0.25) is 5.02 Å². The zero-order valence-corrected chi connectivity index (χ0v) is 17.3. The summed E-state index contributed by atoms with van der Waals surface area (Å²) in [6, 6.07) is 10.4. The highest BCUT2D eigenvalue weighted by Gasteiger charge is 2.08. The molecule has 0 radical (unpaired) electrons. The van der Waals surface area contributed by atoms with Crippen molar-refractivity contribution in [2.75, 3.05) is 25.0 Å². The topological polar surface area (TPSA) is 76.4 Å². The lowest BCUT2D eigenvalue weighted by Crippen LogP contribution is -2.21. The van der Waals surface area contributed by atoms with Gasteiger partial charge in [0.1, 0.15) is 5.75 Å². The van der Waals surface area contributed by atoms with Crippen molar-refractivity contribution in [2.24, 2.45) is 0 Å². The van der Waals surface area contributed by atoms with Crippen LogP contribution in [0.15, 0.2) is 40.9 Å². The summed E-state index contributed by atoms with van der Waals surface area (Å²) in [4.78, 5) is 10.2. The first kappa shape index (κ1) is 22.5. The number of nitro benzene ring substituents is 1. The van der Waals surface area contributed by atoms with Crippen LogP contribution in [0.5, 0.6) is 5.75 Å². The monoisotopic (exact) mass is 463 g/mol. The van der Waals surface area contributed by atoms with Gasteiger partial charge in [-0.15, -0.1) is 12.4 Å². The lowest BCUT2D eigenvalue weighted by molar-refractivity contribution is -0.384. The summed E-state index contributed by atoms with van der Waals surface area (Å²) in [6.07, 6.45) is 0. The number of nitrogens with one attached hydrogen (secondary N) is 2. The molecule has 26 heavy (non-hydrogen) atoms. The quantitative estimate of drug-likeness (QED) is 0.309. The number of anilines is 1. The molecule has 2 N–H and O–H groups in total. The van der Waals surface area contributed by atoms with Gasteiger partial charge in [0.2, 0.25) is 0 Å². The van der Waals surface area contributed by atoms with Gasteiger partial charge in [0.25, 0.3) is 5.69 Å². The molecule has 0 saturated heterocycles. The number of hydrogen-bond donors (Lipinski definition) is 2. The Morgan fingerprint density at radius 2 is 2.00 bits per heavy atom. The molecule has 2 rings (SSSR count). The number of halogens is 3. The van der Waals surface area contributed by atoms with Crippen molar-refractivity contribution in [3.63, 3.8) is 0 Å². The fourth-order valence-corrected chi connectivity index (χ4v) is 2.99. The number of hydrogen-bond acceptors (Lipinski definition) is 5. The van der Waals surface area contributed by atoms with E-state index >= 15 is 0 Å². The maximum Gasteiger partial charge on any atom is 0.271 e. The molecule has 0 fully saturated rings. The molecule has 9 heteroatoms. The zero-order chi connectivity index (χ0) is 18.2. The van der Waals surface area contributed by atoms with Crippen molar-refractivity contribution in [1.29, 1.82) is 0 Å². The molecule has 6 nitrogen and oxygen atoms in total. The molecule has 0 bridgehead atoms. The summed E-state index contributed by atoms with van der Waals surface area (Å²) in [5.74, 6) is 0.834. The second-order valence-corrected chi connectivity index (χ2v) is 6.48. The standard InChI is InChI=1S/C17H19BrClN3O3.ClH/c1-2-25-17-6-3-12(9-14(17)18)11-20-7-8-21-16-5-4-13(22(23)24)10-15(16)19;/h3-6,9-10,20-21H,2,7-8,11H2,1H3;1H. The van der Waals surface area contributed by atoms with E-state index in [1.165, 1.54) is 12.1 Å². The van der Waals surface area contributed by atoms with Gasteiger partial charge in [-0.05, 0) is 46.6 Å². The summed E-state index contributed by atoms with van der Waals surface area (Å²) in [5, 5.41) is 17.5. The lowest BCUT2D eigenvalue weighted by atomic mass is 10.2. The van der Waals surface area contributed by atoms with Crippen molar-refractivity contribution in [3.05, 3.63) is 61.6 Å². The van der Waals surface area contributed by atoms with Crippen LogP contribution in [-0.4, -0.2) is 24.6 Å². The minimum Gasteiger partial charge on any atom is -0.493 e. The van der Waals surface area contributed by atoms with Crippen molar-refractivity contribution >= 4 is 51.3 Å². The summed E-state index contributed by atoms with van der Waals surface area (Å²) >= 11 is 9.53. The summed E-state index contributed by atoms with van der Waals surface area (Å²) in [5.41, 5.74) is 1.80. The number of nitro groups is 1. The minimum atomic E-state index is -0.466. The van der Waals surface area contributed by atoms with Crippen LogP contribution in [-0.2, 0) is 6.54 Å². The number of nitrogens with zero attached hydrogens (tertiary/aromatic N) is 1. The second-order valence-electron chi connectivity index (χ2n) is 5.22. The average molecular weight is 465 g/mol. The molecule has 0 amide bonds. The van der Waals surface area contributed by atoms with Crippen LogP contribution in [0.1, 0.15) is 12.5 Å². The van der Waals surface area contributed by atoms with E-state index in [2.05, 4.69) is 26.6 Å². The highest BCUT2D eigenvalue weighted by molar-refractivity contribution is 9.10. The first-order chi connectivity index (χ1) is 12.0. The molecule has 0 aliphatic carbocycles. The van der Waals surface area contributed by atoms with Gasteiger partial charge >= 0.3 is 0 Å². The van der Waals surface area contributed by atoms with Crippen LogP contribution in [0, 0.1) is 10.1 Å². The van der Waals surface area contributed by atoms with Crippen LogP contribution in [0.3, 0.4) is 0 Å². The third-order valence-corrected chi connectivity index (χ3v) is 4.34. The van der Waals surface area contributed by atoms with E-state index in [9.17, 15) is 10.1 Å². The molecule has 2 aromatic rings. The van der Waals surface area contributed by atoms with E-state index < -0.39 is 4.92 Å². The first-order valence-electron chi connectivity index (χ1n) is 7.81. The Bertz CT molecular complexity index is 747. The van der Waals surface area contributed by atoms with E-state index in [0.717, 1.165) is 28.9 Å². The van der Waals surface area contributed by atoms with Crippen LogP contribution >= 0.6 is 39.9 Å². The zero-order valence-electron chi connectivity index (χ0n) is 14.1. The Balaban J connectivity index is 0.00000338. The number of ether oxygens (including phenoxy) is 1. The van der Waals surface area contributed by atoms with E-state index in [1.54, 1.807) is 6.07 Å². The molecule has 0 aliphatic heterocycles. The lowest BCUT2D eigenvalue weighted by Gasteiger charge is -2.11. The van der Waals surface area contributed by atoms with Crippen LogP contribution < -0.4 is 15.4 Å². The van der Waals surface area contributed by atoms with Gasteiger partial charge in [0.05, 0.1) is 26.7 Å². The molecule has 0 heterocycles. The van der Waals surface area contributed by atoms with Crippen molar-refractivity contribution in [3.8, 4) is 5.75 Å². The Morgan fingerprint density at radius 3 is 2.62 bits per heavy atom. The average Bonchev–Trinajstić information content (AvgIpc) is 2.58. The molecule has 0 saturated carbocycles. The number of benzene rings is 2. The molecule has 0 unspecified atom stereocenters. The first-order valence-corrected chi connectivity index (χ1v) is 8.98. The predicted molar refractivity (Wildman–Crippen MR) is 111 cm³/mol. The van der Waals surface area contributed by atoms with Gasteiger partial charge < -0.3 is 15.4 Å². The minimum absolute atomic E-state index is 0. The highest BCUT2D eigenvalue weighted by atomic mass is 79.9. The largest absolute Gasteiger partial charge is 0.493 e. The molecule has 0 aliphatic rings. The van der Waals surface area contributed by atoms with Crippen molar-refractivity contribution < 1.29 is 9.66 Å². The maximum atomic E-state index is 10.7. The van der Waals surface area contributed by atoms with Gasteiger partial charge in [0, 0.05) is 31.8 Å². The van der Waals surface area contributed by atoms with Crippen LogP contribution in [0.25, 0.3) is 0 Å². The molecule has 0 spiro atoms. The van der Waals surface area contributed by atoms with Gasteiger partial charge in [-0.2, -0.15) is 0 Å². The molecule has 0 atom stereocenters. The van der Waals surface area contributed by atoms with E-state index in [0.29, 0.717) is 23.9 Å². The molecule has 2 aromatic carbocycles. The summed E-state index contributed by atoms with van der Waals surface area (Å²) in [7, 11) is 0. The summed E-state index contributed by atoms with van der Waals surface area (Å²) in [6.45, 7) is 4.67.